The smallest absolute Gasteiger partial charge is 0.319 e. The van der Waals surface area contributed by atoms with Gasteiger partial charge in [0, 0.05) is 0 Å². The second kappa shape index (κ2) is 4.22. The second-order valence-electron chi connectivity index (χ2n) is 2.40. The minimum Gasteiger partial charge on any atom is -0.490 e. The molecule has 0 atom stereocenters. The van der Waals surface area contributed by atoms with Crippen molar-refractivity contribution in [3.05, 3.63) is 33.9 Å². The Morgan fingerprint density at radius 3 is 2.86 bits per heavy atom. The molecule has 0 saturated heterocycles. The summed E-state index contributed by atoms with van der Waals surface area (Å²) in [7, 11) is 1.34. The van der Waals surface area contributed by atoms with Crippen molar-refractivity contribution in [1.29, 1.82) is 0 Å². The van der Waals surface area contributed by atoms with Gasteiger partial charge >= 0.3 is 5.69 Å². The van der Waals surface area contributed by atoms with Crippen molar-refractivity contribution in [3.8, 4) is 5.75 Å². The molecule has 0 aromatic heterocycles. The first-order valence-corrected chi connectivity index (χ1v) is 3.69. The van der Waals surface area contributed by atoms with Crippen LogP contribution in [0.2, 0.25) is 0 Å². The Hall–Kier alpha value is -2.11. The van der Waals surface area contributed by atoms with E-state index in [1.54, 1.807) is 6.07 Å². The number of para-hydroxylation sites is 1. The van der Waals surface area contributed by atoms with Crippen LogP contribution in [0, 0.1) is 10.1 Å². The lowest BCUT2D eigenvalue weighted by molar-refractivity contribution is -0.385. The van der Waals surface area contributed by atoms with Gasteiger partial charge in [-0.2, -0.15) is 0 Å². The average molecular weight is 196 g/mol. The van der Waals surface area contributed by atoms with E-state index in [9.17, 15) is 10.1 Å². The number of methoxy groups -OCH3 is 1. The van der Waals surface area contributed by atoms with Crippen molar-refractivity contribution in [1.82, 2.24) is 0 Å². The third-order valence-electron chi connectivity index (χ3n) is 1.63. The summed E-state index contributed by atoms with van der Waals surface area (Å²) >= 11 is 0. The van der Waals surface area contributed by atoms with Gasteiger partial charge in [0.1, 0.15) is 0 Å². The summed E-state index contributed by atoms with van der Waals surface area (Å²) in [6.07, 6.45) is 0.987. The highest BCUT2D eigenvalue weighted by Crippen LogP contribution is 2.29. The lowest BCUT2D eigenvalue weighted by atomic mass is 10.2. The average Bonchev–Trinajstić information content (AvgIpc) is 2.17. The Labute approximate surface area is 79.6 Å². The maximum atomic E-state index is 10.7. The Morgan fingerprint density at radius 1 is 1.64 bits per heavy atom. The van der Waals surface area contributed by atoms with Gasteiger partial charge in [-0.05, 0) is 12.1 Å². The molecule has 0 aliphatic heterocycles. The van der Waals surface area contributed by atoms with Gasteiger partial charge in [-0.3, -0.25) is 10.1 Å². The molecule has 74 valence electrons. The highest BCUT2D eigenvalue weighted by Gasteiger charge is 2.18. The predicted octanol–water partition coefficient (Wildman–Crippen LogP) is 1.41. The lowest BCUT2D eigenvalue weighted by Gasteiger charge is -2.02. The highest BCUT2D eigenvalue weighted by atomic mass is 16.6. The van der Waals surface area contributed by atoms with Crippen molar-refractivity contribution >= 4 is 11.9 Å². The molecule has 6 nitrogen and oxygen atoms in total. The normalized spacial score (nSPS) is 10.4. The van der Waals surface area contributed by atoms with Gasteiger partial charge in [0.25, 0.3) is 0 Å². The highest BCUT2D eigenvalue weighted by molar-refractivity contribution is 5.86. The van der Waals surface area contributed by atoms with Crippen molar-refractivity contribution in [2.75, 3.05) is 7.11 Å². The molecule has 0 unspecified atom stereocenters. The number of ether oxygens (including phenoxy) is 1. The first kappa shape index (κ1) is 9.97. The summed E-state index contributed by atoms with van der Waals surface area (Å²) in [5.74, 6) is 0.132. The van der Waals surface area contributed by atoms with E-state index in [1.165, 1.54) is 19.2 Å². The third-order valence-corrected chi connectivity index (χ3v) is 1.63. The fourth-order valence-corrected chi connectivity index (χ4v) is 1.07. The van der Waals surface area contributed by atoms with Crippen LogP contribution in [0.15, 0.2) is 23.4 Å². The van der Waals surface area contributed by atoms with Crippen LogP contribution in [0.1, 0.15) is 5.56 Å². The largest absolute Gasteiger partial charge is 0.490 e. The SMILES string of the molecule is COc1cccc(C=NO)c1[N+](=O)[O-]. The molecule has 6 heteroatoms. The van der Waals surface area contributed by atoms with Crippen molar-refractivity contribution in [2.45, 2.75) is 0 Å². The van der Waals surface area contributed by atoms with Crippen molar-refractivity contribution in [2.24, 2.45) is 5.16 Å². The molecule has 1 rings (SSSR count). The quantitative estimate of drug-likeness (QED) is 0.343. The molecular weight excluding hydrogens is 188 g/mol. The molecule has 1 aromatic carbocycles. The number of benzene rings is 1. The Balaban J connectivity index is 3.35. The minimum atomic E-state index is -0.587. The summed E-state index contributed by atoms with van der Waals surface area (Å²) in [5.41, 5.74) is -0.0235. The van der Waals surface area contributed by atoms with Crippen LogP contribution in [0.3, 0.4) is 0 Å². The number of nitro groups is 1. The van der Waals surface area contributed by atoms with E-state index in [2.05, 4.69) is 5.16 Å². The van der Waals surface area contributed by atoms with Gasteiger partial charge in [-0.25, -0.2) is 0 Å². The molecule has 0 radical (unpaired) electrons. The minimum absolute atomic E-state index is 0.132. The van der Waals surface area contributed by atoms with Gasteiger partial charge in [-0.1, -0.05) is 11.2 Å². The summed E-state index contributed by atoms with van der Waals surface area (Å²) in [5, 5.41) is 21.7. The molecule has 0 saturated carbocycles. The number of rotatable bonds is 3. The van der Waals surface area contributed by atoms with Crippen LogP contribution in [-0.4, -0.2) is 23.5 Å². The molecule has 0 fully saturated rings. The van der Waals surface area contributed by atoms with E-state index in [-0.39, 0.29) is 17.0 Å². The Kier molecular flexibility index (Phi) is 3.01. The fraction of sp³-hybridized carbons (Fsp3) is 0.125. The summed E-state index contributed by atoms with van der Waals surface area (Å²) in [6.45, 7) is 0. The maximum absolute atomic E-state index is 10.7. The van der Waals surface area contributed by atoms with Crippen LogP contribution in [0.5, 0.6) is 5.75 Å². The number of hydrogen-bond acceptors (Lipinski definition) is 5. The zero-order valence-corrected chi connectivity index (χ0v) is 7.38. The van der Waals surface area contributed by atoms with Gasteiger partial charge < -0.3 is 9.94 Å². The molecular formula is C8H8N2O4. The van der Waals surface area contributed by atoms with Gasteiger partial charge in [0.2, 0.25) is 0 Å². The number of nitro benzene ring substituents is 1. The van der Waals surface area contributed by atoms with E-state index in [4.69, 9.17) is 9.94 Å². The van der Waals surface area contributed by atoms with Gasteiger partial charge in [0.15, 0.2) is 5.75 Å². The molecule has 0 amide bonds. The van der Waals surface area contributed by atoms with Crippen LogP contribution < -0.4 is 4.74 Å². The van der Waals surface area contributed by atoms with E-state index in [0.717, 1.165) is 6.21 Å². The molecule has 0 heterocycles. The van der Waals surface area contributed by atoms with Gasteiger partial charge in [-0.15, -0.1) is 0 Å². The first-order chi connectivity index (χ1) is 6.70. The van der Waals surface area contributed by atoms with E-state index >= 15 is 0 Å². The monoisotopic (exact) mass is 196 g/mol. The molecule has 0 aliphatic carbocycles. The standard InChI is InChI=1S/C8H8N2O4/c1-14-7-4-2-3-6(5-9-11)8(7)10(12)13/h2-5,11H,1H3. The number of hydrogen-bond donors (Lipinski definition) is 1. The molecule has 1 aromatic rings. The van der Waals surface area contributed by atoms with Crippen LogP contribution in [0.25, 0.3) is 0 Å². The van der Waals surface area contributed by atoms with E-state index in [1.807, 2.05) is 0 Å². The van der Waals surface area contributed by atoms with Crippen LogP contribution in [-0.2, 0) is 0 Å². The molecule has 0 spiro atoms. The number of oxime groups is 1. The zero-order valence-electron chi connectivity index (χ0n) is 7.38. The molecule has 0 aliphatic rings. The topological polar surface area (TPSA) is 85.0 Å². The first-order valence-electron chi connectivity index (χ1n) is 3.69. The van der Waals surface area contributed by atoms with Crippen LogP contribution >= 0.6 is 0 Å². The lowest BCUT2D eigenvalue weighted by Crippen LogP contribution is -1.98. The van der Waals surface area contributed by atoms with E-state index < -0.39 is 4.92 Å². The molecule has 1 N–H and O–H groups in total. The Morgan fingerprint density at radius 2 is 2.36 bits per heavy atom. The summed E-state index contributed by atoms with van der Waals surface area (Å²) in [4.78, 5) is 10.1. The molecule has 0 bridgehead atoms. The number of nitrogens with zero attached hydrogens (tertiary/aromatic N) is 2. The van der Waals surface area contributed by atoms with Crippen molar-refractivity contribution in [3.63, 3.8) is 0 Å². The fourth-order valence-electron chi connectivity index (χ4n) is 1.07. The summed E-state index contributed by atoms with van der Waals surface area (Å²) in [6, 6.07) is 4.50. The van der Waals surface area contributed by atoms with Crippen LogP contribution in [0.4, 0.5) is 5.69 Å². The van der Waals surface area contributed by atoms with E-state index in [0.29, 0.717) is 0 Å². The third kappa shape index (κ3) is 1.79. The molecule has 14 heavy (non-hydrogen) atoms. The predicted molar refractivity (Wildman–Crippen MR) is 49.0 cm³/mol. The zero-order chi connectivity index (χ0) is 10.6. The Bertz CT molecular complexity index is 376. The summed E-state index contributed by atoms with van der Waals surface area (Å²) < 4.78 is 4.81. The van der Waals surface area contributed by atoms with Gasteiger partial charge in [0.05, 0.1) is 23.8 Å². The van der Waals surface area contributed by atoms with Crippen molar-refractivity contribution < 1.29 is 14.9 Å². The second-order valence-corrected chi connectivity index (χ2v) is 2.40. The maximum Gasteiger partial charge on any atom is 0.319 e.